The van der Waals surface area contributed by atoms with Gasteiger partial charge in [0.25, 0.3) is 0 Å². The van der Waals surface area contributed by atoms with Crippen LogP contribution < -0.4 is 0 Å². The third kappa shape index (κ3) is 5.10. The van der Waals surface area contributed by atoms with Gasteiger partial charge in [0.05, 0.1) is 6.10 Å². The molecular weight excluding hydrogens is 496 g/mol. The zero-order valence-corrected chi connectivity index (χ0v) is 19.8. The van der Waals surface area contributed by atoms with E-state index in [4.69, 9.17) is 0 Å². The number of hydrogen-bond donors (Lipinski definition) is 5. The molecular formula is C20H29BrO11. The highest BCUT2D eigenvalue weighted by Crippen LogP contribution is 2.39. The number of aliphatic hydroxyl groups excluding tert-OH is 2. The first-order valence-corrected chi connectivity index (χ1v) is 10.9. The third-order valence-electron chi connectivity index (χ3n) is 5.28. The van der Waals surface area contributed by atoms with E-state index >= 15 is 0 Å². The Balaban J connectivity index is 6.87. The van der Waals surface area contributed by atoms with Crippen LogP contribution in [0.3, 0.4) is 0 Å². The van der Waals surface area contributed by atoms with Gasteiger partial charge in [-0.05, 0) is 40.5 Å². The number of carbonyl (C=O) groups excluding carboxylic acids is 6. The van der Waals surface area contributed by atoms with E-state index in [0.29, 0.717) is 38.9 Å². The molecule has 0 spiro atoms. The van der Waals surface area contributed by atoms with E-state index in [0.717, 1.165) is 6.92 Å². The predicted molar refractivity (Wildman–Crippen MR) is 112 cm³/mol. The van der Waals surface area contributed by atoms with Gasteiger partial charge in [0.15, 0.2) is 17.3 Å². The first-order chi connectivity index (χ1) is 14.5. The number of hydrogen-bond acceptors (Lipinski definition) is 11. The summed E-state index contributed by atoms with van der Waals surface area (Å²) in [5, 5.41) is 53.0. The smallest absolute Gasteiger partial charge is 0.241 e. The molecule has 0 saturated heterocycles. The molecule has 0 bridgehead atoms. The standard InChI is InChI=1S/C20H29BrO11/c1-10(22)15(27)17(29)19(31,12(3)24)20(32,13(4)25)18(30,11(2)23)16(28)14(26)8-6-5-7-9-21/h10,15,22,27,30-32H,5-9H2,1-4H3/t10?,15?,18-,19+,20+/m0/s1. The SMILES string of the molecule is CC(=O)[C@@](O)(C(=O)C(O)C(C)O)[C@@](O)(C(C)=O)[C@](O)(C(C)=O)C(=O)C(=O)CCCCCBr. The van der Waals surface area contributed by atoms with Crippen molar-refractivity contribution in [1.82, 2.24) is 0 Å². The first-order valence-electron chi connectivity index (χ1n) is 9.73. The molecule has 0 saturated carbocycles. The quantitative estimate of drug-likeness (QED) is 0.0709. The zero-order chi connectivity index (χ0) is 25.7. The molecule has 0 aromatic heterocycles. The van der Waals surface area contributed by atoms with Crippen molar-refractivity contribution in [2.75, 3.05) is 5.33 Å². The molecule has 0 amide bonds. The summed E-state index contributed by atoms with van der Waals surface area (Å²) in [6.45, 7) is 2.31. The highest BCUT2D eigenvalue weighted by Gasteiger charge is 2.76. The fraction of sp³-hybridized carbons (Fsp3) is 0.700. The summed E-state index contributed by atoms with van der Waals surface area (Å²) in [5.74, 6) is -10.7. The van der Waals surface area contributed by atoms with Crippen LogP contribution in [0.5, 0.6) is 0 Å². The number of aliphatic hydroxyl groups is 5. The summed E-state index contributed by atoms with van der Waals surface area (Å²) in [6, 6.07) is 0. The lowest BCUT2D eigenvalue weighted by Gasteiger charge is -2.46. The molecule has 0 aliphatic carbocycles. The summed E-state index contributed by atoms with van der Waals surface area (Å²) < 4.78 is 0. The molecule has 11 nitrogen and oxygen atoms in total. The van der Waals surface area contributed by atoms with Gasteiger partial charge in [-0.1, -0.05) is 22.4 Å². The minimum absolute atomic E-state index is 0.138. The number of alkyl halides is 1. The van der Waals surface area contributed by atoms with E-state index in [2.05, 4.69) is 15.9 Å². The second kappa shape index (κ2) is 11.4. The van der Waals surface area contributed by atoms with E-state index in [1.807, 2.05) is 0 Å². The van der Waals surface area contributed by atoms with Gasteiger partial charge in [0, 0.05) is 11.8 Å². The molecule has 0 aromatic carbocycles. The monoisotopic (exact) mass is 524 g/mol. The average molecular weight is 525 g/mol. The molecule has 182 valence electrons. The van der Waals surface area contributed by atoms with Crippen molar-refractivity contribution in [3.05, 3.63) is 0 Å². The van der Waals surface area contributed by atoms with E-state index in [9.17, 15) is 54.3 Å². The van der Waals surface area contributed by atoms with Crippen molar-refractivity contribution in [3.63, 3.8) is 0 Å². The Morgan fingerprint density at radius 1 is 0.781 bits per heavy atom. The lowest BCUT2D eigenvalue weighted by atomic mass is 9.61. The van der Waals surface area contributed by atoms with Gasteiger partial charge in [-0.3, -0.25) is 28.8 Å². The van der Waals surface area contributed by atoms with Gasteiger partial charge in [0.2, 0.25) is 34.2 Å². The van der Waals surface area contributed by atoms with Crippen LogP contribution in [0.4, 0.5) is 0 Å². The van der Waals surface area contributed by atoms with Crippen molar-refractivity contribution in [2.45, 2.75) is 82.4 Å². The van der Waals surface area contributed by atoms with Crippen LogP contribution in [0.1, 0.15) is 53.4 Å². The maximum atomic E-state index is 12.8. The Hall–Kier alpha value is -1.70. The summed E-state index contributed by atoms with van der Waals surface area (Å²) in [4.78, 5) is 75.0. The normalized spacial score (nSPS) is 18.9. The maximum absolute atomic E-state index is 12.8. The molecule has 0 heterocycles. The summed E-state index contributed by atoms with van der Waals surface area (Å²) in [7, 11) is 0. The van der Waals surface area contributed by atoms with E-state index < -0.39 is 70.1 Å². The number of unbranched alkanes of at least 4 members (excludes halogenated alkanes) is 2. The van der Waals surface area contributed by atoms with Gasteiger partial charge in [-0.15, -0.1) is 0 Å². The highest BCUT2D eigenvalue weighted by molar-refractivity contribution is 9.09. The second-order valence-electron chi connectivity index (χ2n) is 7.60. The molecule has 32 heavy (non-hydrogen) atoms. The van der Waals surface area contributed by atoms with Crippen LogP contribution in [0.15, 0.2) is 0 Å². The molecule has 0 fully saturated rings. The molecule has 0 rings (SSSR count). The van der Waals surface area contributed by atoms with Gasteiger partial charge in [0.1, 0.15) is 6.10 Å². The van der Waals surface area contributed by atoms with E-state index in [1.54, 1.807) is 0 Å². The Kier molecular flexibility index (Phi) is 10.8. The topological polar surface area (TPSA) is 204 Å². The number of ketones is 6. The fourth-order valence-electron chi connectivity index (χ4n) is 3.26. The van der Waals surface area contributed by atoms with Crippen LogP contribution in [-0.4, -0.2) is 94.6 Å². The van der Waals surface area contributed by atoms with Crippen LogP contribution in [0.25, 0.3) is 0 Å². The minimum Gasteiger partial charge on any atom is -0.390 e. The Morgan fingerprint density at radius 2 is 1.25 bits per heavy atom. The average Bonchev–Trinajstić information content (AvgIpc) is 2.72. The van der Waals surface area contributed by atoms with Crippen molar-refractivity contribution in [2.24, 2.45) is 0 Å². The Morgan fingerprint density at radius 3 is 1.59 bits per heavy atom. The molecule has 5 atom stereocenters. The van der Waals surface area contributed by atoms with Crippen molar-refractivity contribution < 1.29 is 54.3 Å². The van der Waals surface area contributed by atoms with Crippen LogP contribution >= 0.6 is 15.9 Å². The number of halogens is 1. The Bertz CT molecular complexity index is 792. The number of rotatable bonds is 15. The first kappa shape index (κ1) is 30.3. The zero-order valence-electron chi connectivity index (χ0n) is 18.3. The van der Waals surface area contributed by atoms with Crippen LogP contribution in [0, 0.1) is 0 Å². The fourth-order valence-corrected chi connectivity index (χ4v) is 3.66. The second-order valence-corrected chi connectivity index (χ2v) is 8.39. The minimum atomic E-state index is -4.19. The molecule has 12 heteroatoms. The molecule has 0 radical (unpaired) electrons. The van der Waals surface area contributed by atoms with Crippen molar-refractivity contribution in [1.29, 1.82) is 0 Å². The molecule has 5 N–H and O–H groups in total. The predicted octanol–water partition coefficient (Wildman–Crippen LogP) is -1.65. The summed E-state index contributed by atoms with van der Waals surface area (Å²) >= 11 is 3.17. The number of Topliss-reactive ketones (excluding diaryl/α,β-unsaturated/α-hetero) is 6. The maximum Gasteiger partial charge on any atom is 0.241 e. The van der Waals surface area contributed by atoms with Gasteiger partial charge in [-0.25, -0.2) is 0 Å². The van der Waals surface area contributed by atoms with Gasteiger partial charge >= 0.3 is 0 Å². The molecule has 0 aliphatic heterocycles. The lowest BCUT2D eigenvalue weighted by Crippen LogP contribution is -2.82. The largest absolute Gasteiger partial charge is 0.390 e. The molecule has 2 unspecified atom stereocenters. The van der Waals surface area contributed by atoms with Crippen LogP contribution in [0.2, 0.25) is 0 Å². The summed E-state index contributed by atoms with van der Waals surface area (Å²) in [6.07, 6.45) is -3.76. The van der Waals surface area contributed by atoms with E-state index in [1.165, 1.54) is 0 Å². The lowest BCUT2D eigenvalue weighted by molar-refractivity contribution is -0.226. The summed E-state index contributed by atoms with van der Waals surface area (Å²) in [5.41, 5.74) is -12.3. The Labute approximate surface area is 192 Å². The van der Waals surface area contributed by atoms with Crippen molar-refractivity contribution in [3.8, 4) is 0 Å². The van der Waals surface area contributed by atoms with E-state index in [-0.39, 0.29) is 6.42 Å². The highest BCUT2D eigenvalue weighted by atomic mass is 79.9. The van der Waals surface area contributed by atoms with Gasteiger partial charge in [-0.2, -0.15) is 0 Å². The molecule has 0 aliphatic rings. The molecule has 0 aromatic rings. The van der Waals surface area contributed by atoms with Crippen molar-refractivity contribution >= 4 is 50.6 Å². The third-order valence-corrected chi connectivity index (χ3v) is 5.84. The number of carbonyl (C=O) groups is 6. The van der Waals surface area contributed by atoms with Gasteiger partial charge < -0.3 is 25.5 Å². The van der Waals surface area contributed by atoms with Crippen LogP contribution in [-0.2, 0) is 28.8 Å².